The van der Waals surface area contributed by atoms with Gasteiger partial charge in [0.15, 0.2) is 5.82 Å². The summed E-state index contributed by atoms with van der Waals surface area (Å²) < 4.78 is 1.64. The molecule has 1 atom stereocenters. The minimum atomic E-state index is -0.137. The Labute approximate surface area is 118 Å². The van der Waals surface area contributed by atoms with E-state index in [4.69, 9.17) is 5.73 Å². The number of nitrogens with zero attached hydrogens (tertiary/aromatic N) is 2. The van der Waals surface area contributed by atoms with Crippen molar-refractivity contribution >= 4 is 11.5 Å². The Morgan fingerprint density at radius 1 is 1.25 bits per heavy atom. The Balaban J connectivity index is 2.41. The summed E-state index contributed by atoms with van der Waals surface area (Å²) >= 11 is 0. The highest BCUT2D eigenvalue weighted by Crippen LogP contribution is 2.22. The highest BCUT2D eigenvalue weighted by Gasteiger charge is 2.11. The summed E-state index contributed by atoms with van der Waals surface area (Å²) in [6.07, 6.45) is 3.31. The van der Waals surface area contributed by atoms with Gasteiger partial charge in [-0.3, -0.25) is 4.79 Å². The van der Waals surface area contributed by atoms with Gasteiger partial charge in [-0.15, -0.1) is 0 Å². The topological polar surface area (TPSA) is 72.9 Å². The molecule has 1 unspecified atom stereocenters. The molecule has 0 amide bonds. The molecule has 3 N–H and O–H groups in total. The fourth-order valence-electron chi connectivity index (χ4n) is 2.05. The zero-order valence-corrected chi connectivity index (χ0v) is 12.0. The number of hydrogen-bond acceptors (Lipinski definition) is 4. The van der Waals surface area contributed by atoms with Crippen molar-refractivity contribution in [2.75, 3.05) is 5.32 Å². The van der Waals surface area contributed by atoms with Crippen LogP contribution in [0.5, 0.6) is 0 Å². The number of rotatable bonds is 4. The van der Waals surface area contributed by atoms with E-state index in [0.717, 1.165) is 11.3 Å². The summed E-state index contributed by atoms with van der Waals surface area (Å²) in [6.45, 7) is 5.83. The van der Waals surface area contributed by atoms with Gasteiger partial charge < -0.3 is 15.6 Å². The maximum absolute atomic E-state index is 12.3. The highest BCUT2D eigenvalue weighted by atomic mass is 16.1. The fourth-order valence-corrected chi connectivity index (χ4v) is 2.05. The first-order valence-electron chi connectivity index (χ1n) is 6.69. The van der Waals surface area contributed by atoms with E-state index in [0.29, 0.717) is 5.82 Å². The second-order valence-electron chi connectivity index (χ2n) is 5.08. The average Bonchev–Trinajstić information content (AvgIpc) is 2.41. The zero-order chi connectivity index (χ0) is 14.7. The number of aromatic nitrogens is 2. The number of benzene rings is 1. The summed E-state index contributed by atoms with van der Waals surface area (Å²) in [6, 6.07) is 7.64. The smallest absolute Gasteiger partial charge is 0.293 e. The largest absolute Gasteiger partial charge is 0.335 e. The number of hydrogen-bond donors (Lipinski definition) is 2. The van der Waals surface area contributed by atoms with Crippen LogP contribution in [0.25, 0.3) is 0 Å². The predicted molar refractivity (Wildman–Crippen MR) is 81.2 cm³/mol. The number of nitrogens with two attached hydrogens (primary N) is 1. The van der Waals surface area contributed by atoms with Gasteiger partial charge in [0.2, 0.25) is 0 Å². The molecule has 5 nitrogen and oxygen atoms in total. The molecule has 0 spiro atoms. The second kappa shape index (κ2) is 5.88. The van der Waals surface area contributed by atoms with Crippen molar-refractivity contribution < 1.29 is 0 Å². The molecule has 0 aliphatic carbocycles. The van der Waals surface area contributed by atoms with Gasteiger partial charge in [0.25, 0.3) is 5.56 Å². The van der Waals surface area contributed by atoms with E-state index in [1.807, 2.05) is 45.0 Å². The summed E-state index contributed by atoms with van der Waals surface area (Å²) in [4.78, 5) is 16.4. The van der Waals surface area contributed by atoms with Crippen LogP contribution >= 0.6 is 0 Å². The van der Waals surface area contributed by atoms with Crippen molar-refractivity contribution in [2.24, 2.45) is 5.73 Å². The third kappa shape index (κ3) is 2.88. The Morgan fingerprint density at radius 2 is 1.95 bits per heavy atom. The molecule has 0 radical (unpaired) electrons. The molecule has 2 aromatic rings. The van der Waals surface area contributed by atoms with Gasteiger partial charge in [-0.05, 0) is 32.4 Å². The molecule has 0 bridgehead atoms. The van der Waals surface area contributed by atoms with Gasteiger partial charge in [0.1, 0.15) is 0 Å². The first-order chi connectivity index (χ1) is 9.50. The van der Waals surface area contributed by atoms with Gasteiger partial charge in [0.05, 0.1) is 0 Å². The van der Waals surface area contributed by atoms with Gasteiger partial charge >= 0.3 is 0 Å². The van der Waals surface area contributed by atoms with E-state index in [1.165, 1.54) is 0 Å². The second-order valence-corrected chi connectivity index (χ2v) is 5.08. The lowest BCUT2D eigenvalue weighted by atomic mass is 10.1. The monoisotopic (exact) mass is 272 g/mol. The summed E-state index contributed by atoms with van der Waals surface area (Å²) in [5, 5.41) is 3.09. The molecule has 106 valence electrons. The minimum Gasteiger partial charge on any atom is -0.335 e. The number of anilines is 2. The van der Waals surface area contributed by atoms with E-state index in [2.05, 4.69) is 10.3 Å². The third-order valence-electron chi connectivity index (χ3n) is 3.13. The van der Waals surface area contributed by atoms with Gasteiger partial charge in [-0.1, -0.05) is 18.2 Å². The molecule has 0 aliphatic heterocycles. The number of nitrogens with one attached hydrogen (secondary N) is 1. The zero-order valence-electron chi connectivity index (χ0n) is 12.0. The average molecular weight is 272 g/mol. The van der Waals surface area contributed by atoms with Crippen molar-refractivity contribution in [1.82, 2.24) is 9.55 Å². The lowest BCUT2D eigenvalue weighted by Gasteiger charge is -2.15. The molecule has 5 heteroatoms. The van der Waals surface area contributed by atoms with Gasteiger partial charge in [-0.25, -0.2) is 4.98 Å². The van der Waals surface area contributed by atoms with Crippen LogP contribution in [0.1, 0.15) is 38.4 Å². The first-order valence-corrected chi connectivity index (χ1v) is 6.69. The highest BCUT2D eigenvalue weighted by molar-refractivity contribution is 5.60. The molecular weight excluding hydrogens is 252 g/mol. The molecule has 0 fully saturated rings. The lowest BCUT2D eigenvalue weighted by Crippen LogP contribution is -2.24. The van der Waals surface area contributed by atoms with Crippen LogP contribution in [0.4, 0.5) is 11.5 Å². The summed E-state index contributed by atoms with van der Waals surface area (Å²) in [7, 11) is 0. The van der Waals surface area contributed by atoms with E-state index in [9.17, 15) is 4.79 Å². The van der Waals surface area contributed by atoms with Crippen molar-refractivity contribution in [1.29, 1.82) is 0 Å². The molecule has 1 heterocycles. The molecule has 20 heavy (non-hydrogen) atoms. The Bertz CT molecular complexity index is 646. The maximum atomic E-state index is 12.3. The maximum Gasteiger partial charge on any atom is 0.293 e. The van der Waals surface area contributed by atoms with E-state index >= 15 is 0 Å². The van der Waals surface area contributed by atoms with Crippen molar-refractivity contribution in [3.8, 4) is 0 Å². The molecule has 2 rings (SSSR count). The van der Waals surface area contributed by atoms with Crippen LogP contribution in [-0.4, -0.2) is 9.55 Å². The predicted octanol–water partition coefficient (Wildman–Crippen LogP) is 2.59. The van der Waals surface area contributed by atoms with Crippen LogP contribution in [0.2, 0.25) is 0 Å². The molecule has 0 saturated heterocycles. The Morgan fingerprint density at radius 3 is 2.60 bits per heavy atom. The Kier molecular flexibility index (Phi) is 4.20. The lowest BCUT2D eigenvalue weighted by molar-refractivity contribution is 0.576. The summed E-state index contributed by atoms with van der Waals surface area (Å²) in [5.74, 6) is 0.314. The van der Waals surface area contributed by atoms with E-state index in [-0.39, 0.29) is 17.6 Å². The van der Waals surface area contributed by atoms with Crippen LogP contribution < -0.4 is 16.6 Å². The first kappa shape index (κ1) is 14.3. The van der Waals surface area contributed by atoms with Gasteiger partial charge in [-0.2, -0.15) is 0 Å². The van der Waals surface area contributed by atoms with Crippen LogP contribution in [0, 0.1) is 0 Å². The number of para-hydroxylation sites is 1. The van der Waals surface area contributed by atoms with Crippen molar-refractivity contribution in [2.45, 2.75) is 32.9 Å². The van der Waals surface area contributed by atoms with E-state index in [1.54, 1.807) is 17.0 Å². The normalized spacial score (nSPS) is 12.4. The molecule has 1 aromatic carbocycles. The van der Waals surface area contributed by atoms with E-state index < -0.39 is 0 Å². The standard InChI is InChI=1S/C15H20N4O/c1-10(2)19-9-8-17-14(15(19)20)18-13-7-5-4-6-12(13)11(3)16/h4-11H,16H2,1-3H3,(H,17,18). The molecule has 0 aliphatic rings. The van der Waals surface area contributed by atoms with Gasteiger partial charge in [0, 0.05) is 30.2 Å². The minimum absolute atomic E-state index is 0.0923. The molecule has 0 saturated carbocycles. The van der Waals surface area contributed by atoms with Crippen LogP contribution in [-0.2, 0) is 0 Å². The van der Waals surface area contributed by atoms with Crippen LogP contribution in [0.3, 0.4) is 0 Å². The summed E-state index contributed by atoms with van der Waals surface area (Å²) in [5.41, 5.74) is 7.57. The quantitative estimate of drug-likeness (QED) is 0.897. The fraction of sp³-hybridized carbons (Fsp3) is 0.333. The Hall–Kier alpha value is -2.14. The molecular formula is C15H20N4O. The van der Waals surface area contributed by atoms with Crippen molar-refractivity contribution in [3.63, 3.8) is 0 Å². The SMILES string of the molecule is CC(N)c1ccccc1Nc1nccn(C(C)C)c1=O. The van der Waals surface area contributed by atoms with Crippen molar-refractivity contribution in [3.05, 3.63) is 52.6 Å². The third-order valence-corrected chi connectivity index (χ3v) is 3.13. The molecule has 1 aromatic heterocycles. The van der Waals surface area contributed by atoms with Crippen LogP contribution in [0.15, 0.2) is 41.5 Å².